The van der Waals surface area contributed by atoms with Crippen molar-refractivity contribution in [3.05, 3.63) is 65.9 Å². The summed E-state index contributed by atoms with van der Waals surface area (Å²) in [5.41, 5.74) is 2.77. The van der Waals surface area contributed by atoms with Gasteiger partial charge in [-0.1, -0.05) is 36.4 Å². The molecule has 1 N–H and O–H groups in total. The van der Waals surface area contributed by atoms with Gasteiger partial charge in [0.2, 0.25) is 5.91 Å². The Morgan fingerprint density at radius 3 is 2.53 bits per heavy atom. The molecule has 0 spiro atoms. The number of nitrogens with one attached hydrogen (secondary N) is 1. The number of fused-ring (bicyclic) bond motifs is 1. The van der Waals surface area contributed by atoms with Crippen LogP contribution in [0.25, 0.3) is 10.9 Å². The molecule has 0 aliphatic carbocycles. The van der Waals surface area contributed by atoms with Crippen molar-refractivity contribution in [2.45, 2.75) is 12.8 Å². The van der Waals surface area contributed by atoms with E-state index in [4.69, 9.17) is 4.74 Å². The lowest BCUT2D eigenvalue weighted by atomic mass is 10.1. The maximum absolute atomic E-state index is 12.8. The lowest BCUT2D eigenvalue weighted by Crippen LogP contribution is -2.49. The number of benzene rings is 2. The molecule has 30 heavy (non-hydrogen) atoms. The third-order valence-electron chi connectivity index (χ3n) is 5.78. The molecule has 6 nitrogen and oxygen atoms in total. The summed E-state index contributed by atoms with van der Waals surface area (Å²) in [5, 5.41) is 0.965. The molecule has 0 radical (unpaired) electrons. The Morgan fingerprint density at radius 1 is 1.00 bits per heavy atom. The number of para-hydroxylation sites is 2. The minimum Gasteiger partial charge on any atom is -0.496 e. The first kappa shape index (κ1) is 20.2. The first-order chi connectivity index (χ1) is 14.7. The molecule has 156 valence electrons. The van der Waals surface area contributed by atoms with Gasteiger partial charge in [0.1, 0.15) is 5.75 Å². The summed E-state index contributed by atoms with van der Waals surface area (Å²) < 4.78 is 5.37. The summed E-state index contributed by atoms with van der Waals surface area (Å²) in [6.07, 6.45) is 2.93. The molecule has 2 aromatic carbocycles. The number of piperazine rings is 1. The molecule has 0 bridgehead atoms. The number of Topliss-reactive ketones (excluding diaryl/α,β-unsaturated/α-hetero) is 1. The molecule has 1 amide bonds. The summed E-state index contributed by atoms with van der Waals surface area (Å²) >= 11 is 0. The van der Waals surface area contributed by atoms with Crippen LogP contribution in [0.2, 0.25) is 0 Å². The van der Waals surface area contributed by atoms with Gasteiger partial charge in [0.15, 0.2) is 5.78 Å². The van der Waals surface area contributed by atoms with Crippen molar-refractivity contribution in [1.82, 2.24) is 14.8 Å². The van der Waals surface area contributed by atoms with Crippen LogP contribution in [0.1, 0.15) is 22.3 Å². The average Bonchev–Trinajstić information content (AvgIpc) is 3.22. The topological polar surface area (TPSA) is 65.6 Å². The molecule has 4 rings (SSSR count). The van der Waals surface area contributed by atoms with Crippen LogP contribution in [0.3, 0.4) is 0 Å². The molecule has 1 saturated heterocycles. The number of ketones is 1. The van der Waals surface area contributed by atoms with E-state index in [0.29, 0.717) is 45.6 Å². The quantitative estimate of drug-likeness (QED) is 0.614. The second-order valence-electron chi connectivity index (χ2n) is 7.64. The van der Waals surface area contributed by atoms with Crippen LogP contribution < -0.4 is 4.74 Å². The average molecular weight is 405 g/mol. The largest absolute Gasteiger partial charge is 0.496 e. The predicted molar refractivity (Wildman–Crippen MR) is 117 cm³/mol. The van der Waals surface area contributed by atoms with Gasteiger partial charge in [0.05, 0.1) is 13.7 Å². The van der Waals surface area contributed by atoms with E-state index < -0.39 is 0 Å². The molecule has 1 aliphatic rings. The fourth-order valence-electron chi connectivity index (χ4n) is 4.06. The fourth-order valence-corrected chi connectivity index (χ4v) is 4.06. The van der Waals surface area contributed by atoms with Gasteiger partial charge in [-0.15, -0.1) is 0 Å². The van der Waals surface area contributed by atoms with Crippen LogP contribution in [-0.2, 0) is 11.2 Å². The van der Waals surface area contributed by atoms with Crippen LogP contribution in [-0.4, -0.2) is 66.3 Å². The van der Waals surface area contributed by atoms with Gasteiger partial charge in [0.25, 0.3) is 0 Å². The highest BCUT2D eigenvalue weighted by Crippen LogP contribution is 2.20. The van der Waals surface area contributed by atoms with Crippen LogP contribution in [0, 0.1) is 0 Å². The van der Waals surface area contributed by atoms with Gasteiger partial charge >= 0.3 is 0 Å². The highest BCUT2D eigenvalue weighted by atomic mass is 16.5. The third-order valence-corrected chi connectivity index (χ3v) is 5.78. The Labute approximate surface area is 176 Å². The van der Waals surface area contributed by atoms with E-state index in [-0.39, 0.29) is 11.7 Å². The van der Waals surface area contributed by atoms with Crippen LogP contribution >= 0.6 is 0 Å². The van der Waals surface area contributed by atoms with Gasteiger partial charge in [0, 0.05) is 55.3 Å². The number of H-pyrrole nitrogens is 1. The molecule has 1 fully saturated rings. The maximum Gasteiger partial charge on any atom is 0.222 e. The summed E-state index contributed by atoms with van der Waals surface area (Å²) in [7, 11) is 1.65. The number of aryl methyl sites for hydroxylation is 1. The number of rotatable bonds is 7. The Kier molecular flexibility index (Phi) is 6.14. The highest BCUT2D eigenvalue weighted by Gasteiger charge is 2.23. The molecular weight excluding hydrogens is 378 g/mol. The minimum atomic E-state index is 0.114. The monoisotopic (exact) mass is 405 g/mol. The Bertz CT molecular complexity index is 1030. The standard InChI is InChI=1S/C24H27N3O3/c1-30-23-9-5-2-6-18(23)10-11-24(29)27-14-12-26(13-15-27)17-22(28)20-16-25-21-8-4-3-7-19(20)21/h2-9,16,25H,10-15,17H2,1H3. The van der Waals surface area contributed by atoms with Crippen molar-refractivity contribution in [3.63, 3.8) is 0 Å². The van der Waals surface area contributed by atoms with Crippen molar-refractivity contribution in [2.75, 3.05) is 39.8 Å². The second kappa shape index (κ2) is 9.13. The number of carbonyl (C=O) groups excluding carboxylic acids is 2. The molecule has 0 saturated carbocycles. The van der Waals surface area contributed by atoms with Crippen molar-refractivity contribution < 1.29 is 14.3 Å². The molecule has 3 aromatic rings. The summed E-state index contributed by atoms with van der Waals surface area (Å²) in [6, 6.07) is 15.7. The van der Waals surface area contributed by atoms with Crippen LogP contribution in [0.4, 0.5) is 0 Å². The lowest BCUT2D eigenvalue weighted by Gasteiger charge is -2.34. The zero-order valence-electron chi connectivity index (χ0n) is 17.3. The summed E-state index contributed by atoms with van der Waals surface area (Å²) in [4.78, 5) is 32.6. The highest BCUT2D eigenvalue weighted by molar-refractivity contribution is 6.08. The molecule has 2 heterocycles. The van der Waals surface area contributed by atoms with E-state index in [9.17, 15) is 9.59 Å². The number of hydrogen-bond donors (Lipinski definition) is 1. The Balaban J connectivity index is 1.27. The third kappa shape index (κ3) is 4.39. The van der Waals surface area contributed by atoms with E-state index in [1.54, 1.807) is 13.3 Å². The second-order valence-corrected chi connectivity index (χ2v) is 7.64. The first-order valence-corrected chi connectivity index (χ1v) is 10.4. The molecule has 6 heteroatoms. The number of ether oxygens (including phenoxy) is 1. The SMILES string of the molecule is COc1ccccc1CCC(=O)N1CCN(CC(=O)c2c[nH]c3ccccc23)CC1. The Hall–Kier alpha value is -3.12. The van der Waals surface area contributed by atoms with E-state index in [1.165, 1.54) is 0 Å². The van der Waals surface area contributed by atoms with E-state index >= 15 is 0 Å². The van der Waals surface area contributed by atoms with Gasteiger partial charge in [-0.2, -0.15) is 0 Å². The predicted octanol–water partition coefficient (Wildman–Crippen LogP) is 3.14. The number of hydrogen-bond acceptors (Lipinski definition) is 4. The van der Waals surface area contributed by atoms with E-state index in [2.05, 4.69) is 9.88 Å². The van der Waals surface area contributed by atoms with Gasteiger partial charge in [-0.05, 0) is 24.1 Å². The van der Waals surface area contributed by atoms with Crippen molar-refractivity contribution in [1.29, 1.82) is 0 Å². The summed E-state index contributed by atoms with van der Waals surface area (Å²) in [5.74, 6) is 1.10. The van der Waals surface area contributed by atoms with E-state index in [1.807, 2.05) is 53.4 Å². The van der Waals surface area contributed by atoms with Crippen LogP contribution in [0.15, 0.2) is 54.7 Å². The minimum absolute atomic E-state index is 0.114. The maximum atomic E-state index is 12.8. The molecule has 1 aromatic heterocycles. The van der Waals surface area contributed by atoms with Crippen molar-refractivity contribution >= 4 is 22.6 Å². The number of carbonyl (C=O) groups is 2. The molecular formula is C24H27N3O3. The van der Waals surface area contributed by atoms with Gasteiger partial charge < -0.3 is 14.6 Å². The molecule has 0 atom stereocenters. The fraction of sp³-hybridized carbons (Fsp3) is 0.333. The summed E-state index contributed by atoms with van der Waals surface area (Å²) in [6.45, 7) is 3.13. The van der Waals surface area contributed by atoms with E-state index in [0.717, 1.165) is 27.8 Å². The van der Waals surface area contributed by atoms with Gasteiger partial charge in [-0.25, -0.2) is 0 Å². The molecule has 1 aliphatic heterocycles. The Morgan fingerprint density at radius 2 is 1.73 bits per heavy atom. The lowest BCUT2D eigenvalue weighted by molar-refractivity contribution is -0.132. The number of methoxy groups -OCH3 is 1. The van der Waals surface area contributed by atoms with Crippen LogP contribution in [0.5, 0.6) is 5.75 Å². The molecule has 0 unspecified atom stereocenters. The number of nitrogens with zero attached hydrogens (tertiary/aromatic N) is 2. The van der Waals surface area contributed by atoms with Crippen molar-refractivity contribution in [2.24, 2.45) is 0 Å². The first-order valence-electron chi connectivity index (χ1n) is 10.4. The van der Waals surface area contributed by atoms with Crippen molar-refractivity contribution in [3.8, 4) is 5.75 Å². The number of aromatic nitrogens is 1. The van der Waals surface area contributed by atoms with Gasteiger partial charge in [-0.3, -0.25) is 14.5 Å². The zero-order valence-corrected chi connectivity index (χ0v) is 17.3. The smallest absolute Gasteiger partial charge is 0.222 e. The number of aromatic amines is 1. The number of amides is 1. The zero-order chi connectivity index (χ0) is 20.9. The normalized spacial score (nSPS) is 14.8.